The third-order valence-electron chi connectivity index (χ3n) is 4.78. The summed E-state index contributed by atoms with van der Waals surface area (Å²) in [6.07, 6.45) is 5.78. The van der Waals surface area contributed by atoms with Gasteiger partial charge in [0.05, 0.1) is 0 Å². The van der Waals surface area contributed by atoms with E-state index in [4.69, 9.17) is 0 Å². The van der Waals surface area contributed by atoms with Crippen molar-refractivity contribution in [1.29, 1.82) is 0 Å². The number of nitrogens with one attached hydrogen (secondary N) is 1. The maximum absolute atomic E-state index is 3.50. The topological polar surface area (TPSA) is 18.5 Å². The molecule has 0 aromatic heterocycles. The second-order valence-corrected chi connectivity index (χ2v) is 6.11. The first-order valence-corrected chi connectivity index (χ1v) is 8.17. The van der Waals surface area contributed by atoms with Gasteiger partial charge in [-0.3, -0.25) is 9.80 Å². The van der Waals surface area contributed by atoms with E-state index in [0.29, 0.717) is 0 Å². The van der Waals surface area contributed by atoms with Crippen LogP contribution in [0.25, 0.3) is 0 Å². The monoisotopic (exact) mass is 273 g/mol. The Hall–Kier alpha value is -1.06. The Kier molecular flexibility index (Phi) is 4.93. The summed E-state index contributed by atoms with van der Waals surface area (Å²) in [7, 11) is 0. The Bertz CT molecular complexity index is 378. The van der Waals surface area contributed by atoms with Crippen LogP contribution in [0.5, 0.6) is 0 Å². The van der Waals surface area contributed by atoms with Gasteiger partial charge < -0.3 is 5.32 Å². The molecule has 0 amide bonds. The van der Waals surface area contributed by atoms with Gasteiger partial charge in [-0.05, 0) is 25.0 Å². The molecular weight excluding hydrogens is 246 g/mol. The van der Waals surface area contributed by atoms with Gasteiger partial charge in [0, 0.05) is 51.0 Å². The number of anilines is 1. The molecule has 0 atom stereocenters. The van der Waals surface area contributed by atoms with Crippen LogP contribution in [0, 0.1) is 0 Å². The first kappa shape index (κ1) is 13.9. The second kappa shape index (κ2) is 7.09. The van der Waals surface area contributed by atoms with Crippen molar-refractivity contribution >= 4 is 5.69 Å². The highest BCUT2D eigenvalue weighted by atomic mass is 15.3. The zero-order valence-electron chi connectivity index (χ0n) is 12.4. The highest BCUT2D eigenvalue weighted by molar-refractivity contribution is 5.42. The predicted octanol–water partition coefficient (Wildman–Crippen LogP) is 2.66. The van der Waals surface area contributed by atoms with Gasteiger partial charge in [-0.15, -0.1) is 0 Å². The molecule has 0 unspecified atom stereocenters. The van der Waals surface area contributed by atoms with Gasteiger partial charge in [0.15, 0.2) is 0 Å². The van der Waals surface area contributed by atoms with Crippen LogP contribution in [0.2, 0.25) is 0 Å². The molecule has 1 aliphatic carbocycles. The molecule has 2 aliphatic rings. The summed E-state index contributed by atoms with van der Waals surface area (Å²) >= 11 is 0. The van der Waals surface area contributed by atoms with Crippen LogP contribution in [0.15, 0.2) is 30.3 Å². The highest BCUT2D eigenvalue weighted by Gasteiger charge is 2.25. The lowest BCUT2D eigenvalue weighted by molar-refractivity contribution is 0.100. The number of rotatable bonds is 5. The maximum atomic E-state index is 3.50. The summed E-state index contributed by atoms with van der Waals surface area (Å²) in [6.45, 7) is 7.24. The normalized spacial score (nSPS) is 22.2. The van der Waals surface area contributed by atoms with Crippen LogP contribution in [-0.4, -0.2) is 55.1 Å². The van der Waals surface area contributed by atoms with E-state index in [1.807, 2.05) is 0 Å². The van der Waals surface area contributed by atoms with E-state index in [1.54, 1.807) is 0 Å². The summed E-state index contributed by atoms with van der Waals surface area (Å²) in [6, 6.07) is 11.4. The van der Waals surface area contributed by atoms with Crippen molar-refractivity contribution in [3.8, 4) is 0 Å². The van der Waals surface area contributed by atoms with Gasteiger partial charge in [-0.25, -0.2) is 0 Å². The minimum Gasteiger partial charge on any atom is -0.384 e. The lowest BCUT2D eigenvalue weighted by atomic mass is 10.2. The molecule has 2 fully saturated rings. The second-order valence-electron chi connectivity index (χ2n) is 6.11. The standard InChI is InChI=1S/C17H27N3/c1-2-6-16(7-3-1)18-10-11-19-12-14-20(15-13-19)17-8-4-5-9-17/h1-3,6-7,17-18H,4-5,8-15H2. The molecule has 1 N–H and O–H groups in total. The Morgan fingerprint density at radius 2 is 1.65 bits per heavy atom. The summed E-state index contributed by atoms with van der Waals surface area (Å²) in [5.41, 5.74) is 1.23. The van der Waals surface area contributed by atoms with Crippen molar-refractivity contribution in [3.05, 3.63) is 30.3 Å². The third kappa shape index (κ3) is 3.74. The van der Waals surface area contributed by atoms with Gasteiger partial charge in [0.1, 0.15) is 0 Å². The van der Waals surface area contributed by atoms with Crippen molar-refractivity contribution in [2.24, 2.45) is 0 Å². The molecule has 1 aromatic rings. The SMILES string of the molecule is c1ccc(NCCN2CCN(C3CCCC3)CC2)cc1. The quantitative estimate of drug-likeness (QED) is 0.890. The average Bonchev–Trinajstić information content (AvgIpc) is 3.03. The van der Waals surface area contributed by atoms with Crippen LogP contribution in [0.4, 0.5) is 5.69 Å². The molecule has 0 bridgehead atoms. The molecule has 20 heavy (non-hydrogen) atoms. The Labute approximate surface area is 123 Å². The minimum absolute atomic E-state index is 0.902. The van der Waals surface area contributed by atoms with Crippen LogP contribution < -0.4 is 5.32 Å². The fourth-order valence-corrected chi connectivity index (χ4v) is 3.54. The number of para-hydroxylation sites is 1. The molecule has 0 spiro atoms. The van der Waals surface area contributed by atoms with Crippen molar-refractivity contribution in [2.75, 3.05) is 44.6 Å². The van der Waals surface area contributed by atoms with Crippen LogP contribution >= 0.6 is 0 Å². The lowest BCUT2D eigenvalue weighted by Gasteiger charge is -2.38. The maximum Gasteiger partial charge on any atom is 0.0340 e. The Balaban J connectivity index is 1.34. The van der Waals surface area contributed by atoms with Crippen LogP contribution in [0.3, 0.4) is 0 Å². The lowest BCUT2D eigenvalue weighted by Crippen LogP contribution is -2.50. The molecule has 3 rings (SSSR count). The van der Waals surface area contributed by atoms with Gasteiger partial charge in [0.2, 0.25) is 0 Å². The summed E-state index contributed by atoms with van der Waals surface area (Å²) in [4.78, 5) is 5.33. The Morgan fingerprint density at radius 3 is 2.35 bits per heavy atom. The van der Waals surface area contributed by atoms with Crippen LogP contribution in [0.1, 0.15) is 25.7 Å². The first-order chi connectivity index (χ1) is 9.92. The smallest absolute Gasteiger partial charge is 0.0340 e. The van der Waals surface area contributed by atoms with E-state index in [-0.39, 0.29) is 0 Å². The van der Waals surface area contributed by atoms with Gasteiger partial charge in [0.25, 0.3) is 0 Å². The minimum atomic E-state index is 0.902. The van der Waals surface area contributed by atoms with Gasteiger partial charge >= 0.3 is 0 Å². The van der Waals surface area contributed by atoms with E-state index < -0.39 is 0 Å². The molecule has 3 heteroatoms. The number of benzene rings is 1. The largest absolute Gasteiger partial charge is 0.384 e. The summed E-state index contributed by atoms with van der Waals surface area (Å²) < 4.78 is 0. The van der Waals surface area contributed by atoms with E-state index in [1.165, 1.54) is 57.5 Å². The van der Waals surface area contributed by atoms with Crippen molar-refractivity contribution in [3.63, 3.8) is 0 Å². The van der Waals surface area contributed by atoms with Crippen molar-refractivity contribution in [1.82, 2.24) is 9.80 Å². The number of hydrogen-bond donors (Lipinski definition) is 1. The molecule has 1 aliphatic heterocycles. The van der Waals surface area contributed by atoms with Gasteiger partial charge in [-0.1, -0.05) is 31.0 Å². The average molecular weight is 273 g/mol. The number of nitrogens with zero attached hydrogens (tertiary/aromatic N) is 2. The molecule has 1 heterocycles. The molecule has 3 nitrogen and oxygen atoms in total. The third-order valence-corrected chi connectivity index (χ3v) is 4.78. The van der Waals surface area contributed by atoms with E-state index >= 15 is 0 Å². The van der Waals surface area contributed by atoms with E-state index in [2.05, 4.69) is 45.4 Å². The number of piperazine rings is 1. The number of hydrogen-bond acceptors (Lipinski definition) is 3. The summed E-state index contributed by atoms with van der Waals surface area (Å²) in [5.74, 6) is 0. The summed E-state index contributed by atoms with van der Waals surface area (Å²) in [5, 5.41) is 3.50. The molecule has 1 saturated heterocycles. The van der Waals surface area contributed by atoms with Crippen molar-refractivity contribution in [2.45, 2.75) is 31.7 Å². The molecule has 110 valence electrons. The van der Waals surface area contributed by atoms with E-state index in [0.717, 1.165) is 19.1 Å². The molecule has 1 aromatic carbocycles. The molecular formula is C17H27N3. The van der Waals surface area contributed by atoms with E-state index in [9.17, 15) is 0 Å². The predicted molar refractivity (Wildman–Crippen MR) is 85.2 cm³/mol. The Morgan fingerprint density at radius 1 is 0.950 bits per heavy atom. The van der Waals surface area contributed by atoms with Crippen molar-refractivity contribution < 1.29 is 0 Å². The van der Waals surface area contributed by atoms with Gasteiger partial charge in [-0.2, -0.15) is 0 Å². The van der Waals surface area contributed by atoms with Crippen LogP contribution in [-0.2, 0) is 0 Å². The highest BCUT2D eigenvalue weighted by Crippen LogP contribution is 2.24. The molecule has 0 radical (unpaired) electrons. The molecule has 1 saturated carbocycles. The fraction of sp³-hybridized carbons (Fsp3) is 0.647. The zero-order chi connectivity index (χ0) is 13.6. The fourth-order valence-electron chi connectivity index (χ4n) is 3.54. The zero-order valence-corrected chi connectivity index (χ0v) is 12.4. The first-order valence-electron chi connectivity index (χ1n) is 8.17.